The highest BCUT2D eigenvalue weighted by Gasteiger charge is 2.13. The summed E-state index contributed by atoms with van der Waals surface area (Å²) in [7, 11) is 0. The molecule has 0 aliphatic rings. The van der Waals surface area contributed by atoms with Gasteiger partial charge >= 0.3 is 12.1 Å². The molecule has 0 atom stereocenters. The summed E-state index contributed by atoms with van der Waals surface area (Å²) in [5.41, 5.74) is 0.619. The lowest BCUT2D eigenvalue weighted by Crippen LogP contribution is -2.16. The average Bonchev–Trinajstić information content (AvgIpc) is 2.28. The maximum atomic E-state index is 11.3. The van der Waals surface area contributed by atoms with E-state index in [1.54, 1.807) is 6.92 Å². The van der Waals surface area contributed by atoms with Crippen LogP contribution in [0.1, 0.15) is 16.1 Å². The molecule has 0 bridgehead atoms. The molecule has 0 unspecified atom stereocenters. The molecule has 2 N–H and O–H groups in total. The number of anilines is 1. The first kappa shape index (κ1) is 12.7. The van der Waals surface area contributed by atoms with Crippen molar-refractivity contribution in [3.63, 3.8) is 0 Å². The van der Waals surface area contributed by atoms with Gasteiger partial charge in [-0.1, -0.05) is 12.7 Å². The highest BCUT2D eigenvalue weighted by atomic mass is 16.5. The Hall–Kier alpha value is -2.37. The van der Waals surface area contributed by atoms with E-state index in [9.17, 15) is 9.59 Å². The number of carbonyl (C=O) groups is 2. The van der Waals surface area contributed by atoms with Crippen molar-refractivity contribution >= 4 is 17.7 Å². The lowest BCUT2D eigenvalue weighted by atomic mass is 10.2. The summed E-state index contributed by atoms with van der Waals surface area (Å²) in [4.78, 5) is 25.8. The van der Waals surface area contributed by atoms with Gasteiger partial charge in [-0.05, 0) is 13.0 Å². The number of ether oxygens (including phenoxy) is 1. The number of amides is 1. The predicted octanol–water partition coefficient (Wildman–Crippen LogP) is 1.82. The van der Waals surface area contributed by atoms with Gasteiger partial charge in [0.1, 0.15) is 6.61 Å². The number of nitrogens with one attached hydrogen (secondary N) is 1. The number of carboxylic acids is 1. The summed E-state index contributed by atoms with van der Waals surface area (Å²) in [6.07, 6.45) is 2.07. The van der Waals surface area contributed by atoms with Crippen molar-refractivity contribution in [1.29, 1.82) is 0 Å². The first-order valence-corrected chi connectivity index (χ1v) is 4.79. The Morgan fingerprint density at radius 2 is 2.35 bits per heavy atom. The molecule has 6 heteroatoms. The van der Waals surface area contributed by atoms with Crippen LogP contribution in [0.3, 0.4) is 0 Å². The number of carbonyl (C=O) groups excluding carboxylic acids is 1. The van der Waals surface area contributed by atoms with Crippen molar-refractivity contribution in [3.05, 3.63) is 36.2 Å². The molecular weight excluding hydrogens is 224 g/mol. The van der Waals surface area contributed by atoms with Gasteiger partial charge in [-0.15, -0.1) is 0 Å². The number of hydrogen-bond donors (Lipinski definition) is 2. The van der Waals surface area contributed by atoms with Crippen LogP contribution in [0.15, 0.2) is 24.9 Å². The molecule has 0 radical (unpaired) electrons. The monoisotopic (exact) mass is 236 g/mol. The van der Waals surface area contributed by atoms with Crippen molar-refractivity contribution in [2.24, 2.45) is 0 Å². The Morgan fingerprint density at radius 1 is 1.65 bits per heavy atom. The number of hydrogen-bond acceptors (Lipinski definition) is 4. The molecule has 0 saturated carbocycles. The minimum absolute atomic E-state index is 0.0851. The van der Waals surface area contributed by atoms with Crippen LogP contribution in [-0.2, 0) is 4.74 Å². The molecule has 17 heavy (non-hydrogen) atoms. The Morgan fingerprint density at radius 3 is 2.94 bits per heavy atom. The topological polar surface area (TPSA) is 88.5 Å². The molecule has 0 spiro atoms. The van der Waals surface area contributed by atoms with Crippen LogP contribution in [-0.4, -0.2) is 28.8 Å². The molecule has 1 rings (SSSR count). The molecule has 0 aliphatic heterocycles. The fourth-order valence-electron chi connectivity index (χ4n) is 1.17. The Labute approximate surface area is 97.9 Å². The van der Waals surface area contributed by atoms with Gasteiger partial charge in [-0.2, -0.15) is 0 Å². The van der Waals surface area contributed by atoms with Crippen molar-refractivity contribution in [2.45, 2.75) is 6.92 Å². The molecule has 1 amide bonds. The van der Waals surface area contributed by atoms with E-state index < -0.39 is 12.1 Å². The molecule has 1 aromatic rings. The minimum Gasteiger partial charge on any atom is -0.477 e. The Balaban J connectivity index is 2.85. The van der Waals surface area contributed by atoms with Gasteiger partial charge in [0, 0.05) is 11.8 Å². The van der Waals surface area contributed by atoms with E-state index in [2.05, 4.69) is 16.9 Å². The smallest absolute Gasteiger partial charge is 0.411 e. The summed E-state index contributed by atoms with van der Waals surface area (Å²) in [5.74, 6) is -1.15. The third-order valence-electron chi connectivity index (χ3n) is 1.98. The number of aromatic carboxylic acids is 1. The fourth-order valence-corrected chi connectivity index (χ4v) is 1.17. The van der Waals surface area contributed by atoms with Gasteiger partial charge in [0.05, 0.1) is 5.69 Å². The summed E-state index contributed by atoms with van der Waals surface area (Å²) in [5, 5.41) is 11.3. The molecule has 0 fully saturated rings. The molecule has 90 valence electrons. The molecule has 0 aliphatic carbocycles. The van der Waals surface area contributed by atoms with Gasteiger partial charge < -0.3 is 9.84 Å². The maximum absolute atomic E-state index is 11.3. The van der Waals surface area contributed by atoms with E-state index in [1.807, 2.05) is 0 Å². The number of rotatable bonds is 4. The zero-order chi connectivity index (χ0) is 12.8. The zero-order valence-corrected chi connectivity index (χ0v) is 9.27. The van der Waals surface area contributed by atoms with E-state index >= 15 is 0 Å². The second kappa shape index (κ2) is 5.64. The summed E-state index contributed by atoms with van der Waals surface area (Å²) >= 11 is 0. The number of pyridine rings is 1. The average molecular weight is 236 g/mol. The summed E-state index contributed by atoms with van der Waals surface area (Å²) in [6, 6.07) is 1.50. The standard InChI is InChI=1S/C11H12N2O4/c1-3-6-17-11(16)13-8-4-5-12-9(7(8)2)10(14)15/h3-5H,1,6H2,2H3,(H,14,15)(H,12,13,16). The van der Waals surface area contributed by atoms with Gasteiger partial charge in [-0.3, -0.25) is 5.32 Å². The molecule has 1 aromatic heterocycles. The quantitative estimate of drug-likeness (QED) is 0.778. The Kier molecular flexibility index (Phi) is 4.21. The van der Waals surface area contributed by atoms with Crippen LogP contribution >= 0.6 is 0 Å². The lowest BCUT2D eigenvalue weighted by Gasteiger charge is -2.09. The first-order chi connectivity index (χ1) is 8.06. The minimum atomic E-state index is -1.15. The largest absolute Gasteiger partial charge is 0.477 e. The molecule has 6 nitrogen and oxygen atoms in total. The first-order valence-electron chi connectivity index (χ1n) is 4.79. The second-order valence-corrected chi connectivity index (χ2v) is 3.15. The predicted molar refractivity (Wildman–Crippen MR) is 61.1 cm³/mol. The van der Waals surface area contributed by atoms with E-state index in [-0.39, 0.29) is 12.3 Å². The van der Waals surface area contributed by atoms with Gasteiger partial charge in [0.2, 0.25) is 0 Å². The van der Waals surface area contributed by atoms with Gasteiger partial charge in [-0.25, -0.2) is 14.6 Å². The van der Waals surface area contributed by atoms with Crippen LogP contribution in [0.4, 0.5) is 10.5 Å². The molecule has 1 heterocycles. The number of carboxylic acid groups (broad SMARTS) is 1. The Bertz CT molecular complexity index is 457. The summed E-state index contributed by atoms with van der Waals surface area (Å²) < 4.78 is 4.71. The molecular formula is C11H12N2O4. The number of nitrogens with zero attached hydrogens (tertiary/aromatic N) is 1. The zero-order valence-electron chi connectivity index (χ0n) is 9.27. The normalized spacial score (nSPS) is 9.47. The third-order valence-corrected chi connectivity index (χ3v) is 1.98. The van der Waals surface area contributed by atoms with Crippen LogP contribution in [0.2, 0.25) is 0 Å². The second-order valence-electron chi connectivity index (χ2n) is 3.15. The number of aromatic nitrogens is 1. The molecule has 0 aromatic carbocycles. The maximum Gasteiger partial charge on any atom is 0.411 e. The highest BCUT2D eigenvalue weighted by molar-refractivity contribution is 5.92. The van der Waals surface area contributed by atoms with E-state index in [1.165, 1.54) is 18.3 Å². The highest BCUT2D eigenvalue weighted by Crippen LogP contribution is 2.16. The van der Waals surface area contributed by atoms with Gasteiger partial charge in [0.15, 0.2) is 5.69 Å². The van der Waals surface area contributed by atoms with Crippen molar-refractivity contribution < 1.29 is 19.4 Å². The van der Waals surface area contributed by atoms with Crippen LogP contribution in [0.25, 0.3) is 0 Å². The van der Waals surface area contributed by atoms with Crippen molar-refractivity contribution in [3.8, 4) is 0 Å². The third kappa shape index (κ3) is 3.30. The van der Waals surface area contributed by atoms with E-state index in [0.29, 0.717) is 11.3 Å². The van der Waals surface area contributed by atoms with E-state index in [4.69, 9.17) is 9.84 Å². The van der Waals surface area contributed by atoms with Crippen LogP contribution in [0, 0.1) is 6.92 Å². The van der Waals surface area contributed by atoms with Crippen LogP contribution < -0.4 is 5.32 Å². The lowest BCUT2D eigenvalue weighted by molar-refractivity contribution is 0.0689. The van der Waals surface area contributed by atoms with Crippen molar-refractivity contribution in [1.82, 2.24) is 4.98 Å². The van der Waals surface area contributed by atoms with Gasteiger partial charge in [0.25, 0.3) is 0 Å². The van der Waals surface area contributed by atoms with E-state index in [0.717, 1.165) is 0 Å². The van der Waals surface area contributed by atoms with Crippen LogP contribution in [0.5, 0.6) is 0 Å². The molecule has 0 saturated heterocycles. The summed E-state index contributed by atoms with van der Waals surface area (Å²) in [6.45, 7) is 5.04. The fraction of sp³-hybridized carbons (Fsp3) is 0.182. The van der Waals surface area contributed by atoms with Crippen molar-refractivity contribution in [2.75, 3.05) is 11.9 Å². The SMILES string of the molecule is C=CCOC(=O)Nc1ccnc(C(=O)O)c1C.